The van der Waals surface area contributed by atoms with Crippen LogP contribution in [0.15, 0.2) is 45.8 Å². The molecule has 14 heteroatoms. The van der Waals surface area contributed by atoms with E-state index in [-0.39, 0.29) is 33.0 Å². The van der Waals surface area contributed by atoms with Gasteiger partial charge in [0.1, 0.15) is 10.7 Å². The topological polar surface area (TPSA) is 93.9 Å². The van der Waals surface area contributed by atoms with Crippen LogP contribution in [0.2, 0.25) is 5.02 Å². The number of aromatic nitrogens is 3. The van der Waals surface area contributed by atoms with E-state index < -0.39 is 38.4 Å². The summed E-state index contributed by atoms with van der Waals surface area (Å²) in [6.45, 7) is 1.63. The van der Waals surface area contributed by atoms with E-state index in [4.69, 9.17) is 11.6 Å². The van der Waals surface area contributed by atoms with Crippen molar-refractivity contribution in [2.75, 3.05) is 0 Å². The molecular formula is C18H12BrClF4N4O3S. The third-order valence-corrected chi connectivity index (χ3v) is 6.85. The first-order valence-electron chi connectivity index (χ1n) is 8.69. The Bertz CT molecular complexity index is 1310. The van der Waals surface area contributed by atoms with Gasteiger partial charge in [-0.05, 0) is 58.7 Å². The van der Waals surface area contributed by atoms with E-state index in [0.29, 0.717) is 12.1 Å². The summed E-state index contributed by atoms with van der Waals surface area (Å²) in [7, 11) is -4.71. The maximum Gasteiger partial charge on any atom is 0.416 e. The predicted molar refractivity (Wildman–Crippen MR) is 110 cm³/mol. The van der Waals surface area contributed by atoms with Gasteiger partial charge in [0.25, 0.3) is 15.9 Å². The van der Waals surface area contributed by atoms with Gasteiger partial charge in [-0.15, -0.1) is 5.10 Å². The fourth-order valence-corrected chi connectivity index (χ4v) is 4.94. The van der Waals surface area contributed by atoms with Gasteiger partial charge < -0.3 is 0 Å². The Hall–Kier alpha value is -2.51. The van der Waals surface area contributed by atoms with Gasteiger partial charge in [0.2, 0.25) is 0 Å². The van der Waals surface area contributed by atoms with Gasteiger partial charge in [0.05, 0.1) is 22.0 Å². The fourth-order valence-electron chi connectivity index (χ4n) is 2.75. The molecule has 0 aliphatic rings. The highest BCUT2D eigenvalue weighted by molar-refractivity contribution is 9.10. The molecule has 1 N–H and O–H groups in total. The molecule has 3 rings (SSSR count). The van der Waals surface area contributed by atoms with Crippen LogP contribution in [0.1, 0.15) is 28.7 Å². The van der Waals surface area contributed by atoms with E-state index in [0.717, 1.165) is 22.9 Å². The van der Waals surface area contributed by atoms with Gasteiger partial charge in [0, 0.05) is 4.47 Å². The molecule has 170 valence electrons. The highest BCUT2D eigenvalue weighted by Crippen LogP contribution is 2.33. The molecule has 3 aromatic rings. The quantitative estimate of drug-likeness (QED) is 0.467. The van der Waals surface area contributed by atoms with Crippen LogP contribution in [0, 0.1) is 5.82 Å². The van der Waals surface area contributed by atoms with E-state index in [1.54, 1.807) is 11.6 Å². The fraction of sp³-hybridized carbons (Fsp3) is 0.167. The third-order valence-electron chi connectivity index (χ3n) is 4.23. The Labute approximate surface area is 192 Å². The number of benzene rings is 2. The van der Waals surface area contributed by atoms with Crippen LogP contribution >= 0.6 is 27.5 Å². The molecular weight excluding hydrogens is 544 g/mol. The van der Waals surface area contributed by atoms with Crippen LogP contribution in [0.3, 0.4) is 0 Å². The molecule has 0 radical (unpaired) electrons. The molecule has 0 saturated heterocycles. The highest BCUT2D eigenvalue weighted by Gasteiger charge is 2.33. The minimum atomic E-state index is -4.79. The summed E-state index contributed by atoms with van der Waals surface area (Å²) < 4.78 is 80.2. The zero-order chi connectivity index (χ0) is 23.8. The average molecular weight is 556 g/mol. The number of hydrogen-bond acceptors (Lipinski definition) is 5. The maximum absolute atomic E-state index is 13.3. The predicted octanol–water partition coefficient (Wildman–Crippen LogP) is 4.52. The van der Waals surface area contributed by atoms with Crippen LogP contribution in [-0.4, -0.2) is 29.3 Å². The van der Waals surface area contributed by atoms with Crippen molar-refractivity contribution in [1.29, 1.82) is 0 Å². The summed E-state index contributed by atoms with van der Waals surface area (Å²) in [6, 6.07) is 5.43. The van der Waals surface area contributed by atoms with Crippen molar-refractivity contribution in [2.45, 2.75) is 24.4 Å². The molecule has 0 unspecified atom stereocenters. The lowest BCUT2D eigenvalue weighted by atomic mass is 10.2. The third kappa shape index (κ3) is 4.79. The molecule has 1 aromatic heterocycles. The second kappa shape index (κ2) is 8.79. The Morgan fingerprint density at radius 2 is 1.91 bits per heavy atom. The number of alkyl halides is 3. The van der Waals surface area contributed by atoms with Crippen molar-refractivity contribution in [1.82, 2.24) is 19.7 Å². The van der Waals surface area contributed by atoms with Crippen molar-refractivity contribution >= 4 is 43.5 Å². The van der Waals surface area contributed by atoms with Crippen molar-refractivity contribution in [3.63, 3.8) is 0 Å². The van der Waals surface area contributed by atoms with Gasteiger partial charge in [-0.2, -0.15) is 13.2 Å². The average Bonchev–Trinajstić information content (AvgIpc) is 3.10. The van der Waals surface area contributed by atoms with E-state index in [1.807, 2.05) is 0 Å². The minimum absolute atomic E-state index is 0.0305. The van der Waals surface area contributed by atoms with Gasteiger partial charge in [-0.25, -0.2) is 22.2 Å². The van der Waals surface area contributed by atoms with Crippen LogP contribution in [0.25, 0.3) is 5.69 Å². The molecule has 0 atom stereocenters. The second-order valence-corrected chi connectivity index (χ2v) is 9.24. The molecule has 0 bridgehead atoms. The highest BCUT2D eigenvalue weighted by atomic mass is 79.9. The molecule has 0 aliphatic heterocycles. The van der Waals surface area contributed by atoms with E-state index >= 15 is 0 Å². The molecule has 0 spiro atoms. The SMILES string of the molecule is CCc1c(C(=O)NS(=O)(=O)c2cc(C(F)(F)F)ccc2Br)nnn1-c1ccc(F)cc1Cl. The smallest absolute Gasteiger partial charge is 0.266 e. The van der Waals surface area contributed by atoms with Gasteiger partial charge in [-0.3, -0.25) is 4.79 Å². The summed E-state index contributed by atoms with van der Waals surface area (Å²) in [5.74, 6) is -1.82. The lowest BCUT2D eigenvalue weighted by molar-refractivity contribution is -0.137. The first-order valence-corrected chi connectivity index (χ1v) is 11.3. The van der Waals surface area contributed by atoms with E-state index in [2.05, 4.69) is 26.2 Å². The summed E-state index contributed by atoms with van der Waals surface area (Å²) in [5.41, 5.74) is -1.26. The maximum atomic E-state index is 13.3. The number of nitrogens with zero attached hydrogens (tertiary/aromatic N) is 3. The van der Waals surface area contributed by atoms with Crippen LogP contribution in [0.5, 0.6) is 0 Å². The largest absolute Gasteiger partial charge is 0.416 e. The zero-order valence-corrected chi connectivity index (χ0v) is 19.1. The minimum Gasteiger partial charge on any atom is -0.266 e. The van der Waals surface area contributed by atoms with Crippen molar-refractivity contribution in [2.24, 2.45) is 0 Å². The number of hydrogen-bond donors (Lipinski definition) is 1. The number of carbonyl (C=O) groups is 1. The lowest BCUT2D eigenvalue weighted by Crippen LogP contribution is -2.32. The van der Waals surface area contributed by atoms with Crippen LogP contribution in [-0.2, 0) is 22.6 Å². The summed E-state index contributed by atoms with van der Waals surface area (Å²) >= 11 is 8.90. The standard InChI is InChI=1S/C18H12BrClF4N4O3S/c1-2-13-16(25-27-28(13)14-6-4-10(21)8-12(14)20)17(29)26-32(30,31)15-7-9(18(22,23)24)3-5-11(15)19/h3-8H,2H2,1H3,(H,26,29). The first kappa shape index (κ1) is 24.1. The Balaban J connectivity index is 1.98. The van der Waals surface area contributed by atoms with Crippen molar-refractivity contribution in [3.8, 4) is 5.69 Å². The number of nitrogens with one attached hydrogen (secondary N) is 1. The Morgan fingerprint density at radius 1 is 1.22 bits per heavy atom. The van der Waals surface area contributed by atoms with Gasteiger partial charge >= 0.3 is 6.18 Å². The zero-order valence-electron chi connectivity index (χ0n) is 15.9. The summed E-state index contributed by atoms with van der Waals surface area (Å²) in [5, 5.41) is 7.43. The first-order chi connectivity index (χ1) is 14.8. The van der Waals surface area contributed by atoms with E-state index in [1.165, 1.54) is 6.07 Å². The van der Waals surface area contributed by atoms with Gasteiger partial charge in [-0.1, -0.05) is 23.7 Å². The van der Waals surface area contributed by atoms with Crippen LogP contribution < -0.4 is 4.72 Å². The molecule has 2 aromatic carbocycles. The molecule has 0 saturated carbocycles. The number of carbonyl (C=O) groups excluding carboxylic acids is 1. The molecule has 0 aliphatic carbocycles. The summed E-state index contributed by atoms with van der Waals surface area (Å²) in [4.78, 5) is 11.9. The molecule has 1 heterocycles. The van der Waals surface area contributed by atoms with Crippen molar-refractivity contribution in [3.05, 3.63) is 68.7 Å². The number of amides is 1. The molecule has 1 amide bonds. The monoisotopic (exact) mass is 554 g/mol. The van der Waals surface area contributed by atoms with Crippen molar-refractivity contribution < 1.29 is 30.8 Å². The second-order valence-electron chi connectivity index (χ2n) is 6.32. The number of sulfonamides is 1. The van der Waals surface area contributed by atoms with Gasteiger partial charge in [0.15, 0.2) is 5.69 Å². The molecule has 0 fully saturated rings. The van der Waals surface area contributed by atoms with E-state index in [9.17, 15) is 30.8 Å². The number of halogens is 6. The lowest BCUT2D eigenvalue weighted by Gasteiger charge is -2.12. The van der Waals surface area contributed by atoms with Crippen LogP contribution in [0.4, 0.5) is 17.6 Å². The summed E-state index contributed by atoms with van der Waals surface area (Å²) in [6.07, 6.45) is -4.64. The Morgan fingerprint density at radius 3 is 2.50 bits per heavy atom. The normalized spacial score (nSPS) is 12.1. The molecule has 7 nitrogen and oxygen atoms in total. The number of rotatable bonds is 5. The molecule has 32 heavy (non-hydrogen) atoms. The Kier molecular flexibility index (Phi) is 6.63.